The number of nitrogens with one attached hydrogen (secondary N) is 1. The van der Waals surface area contributed by atoms with Crippen molar-refractivity contribution in [1.29, 1.82) is 0 Å². The molecule has 2 unspecified atom stereocenters. The number of fused-ring (bicyclic) bond motifs is 1. The average Bonchev–Trinajstić information content (AvgIpc) is 2.67. The maximum atomic E-state index is 12.3. The standard InChI is InChI=1S/C15H20N2O2/c16-12-3-4-14-11(8-12)9-13(15(18)17-14)10-2-1-6-19-7-5-10/h3-4,8,10,13H,1-2,5-7,9,16H2,(H,17,18). The number of hydrogen-bond acceptors (Lipinski definition) is 3. The molecule has 4 nitrogen and oxygen atoms in total. The van der Waals surface area contributed by atoms with E-state index in [1.165, 1.54) is 0 Å². The number of carbonyl (C=O) groups is 1. The second-order valence-corrected chi connectivity index (χ2v) is 5.52. The molecule has 0 bridgehead atoms. The highest BCUT2D eigenvalue weighted by Crippen LogP contribution is 2.34. The number of nitrogens with two attached hydrogens (primary N) is 1. The molecule has 1 saturated heterocycles. The van der Waals surface area contributed by atoms with Gasteiger partial charge < -0.3 is 15.8 Å². The Morgan fingerprint density at radius 2 is 2.16 bits per heavy atom. The minimum absolute atomic E-state index is 0.0657. The molecule has 0 radical (unpaired) electrons. The fourth-order valence-electron chi connectivity index (χ4n) is 3.17. The molecular weight excluding hydrogens is 240 g/mol. The number of benzene rings is 1. The molecule has 19 heavy (non-hydrogen) atoms. The molecule has 0 saturated carbocycles. The van der Waals surface area contributed by atoms with E-state index in [4.69, 9.17) is 10.5 Å². The third-order valence-corrected chi connectivity index (χ3v) is 4.23. The molecule has 2 heterocycles. The van der Waals surface area contributed by atoms with Crippen LogP contribution in [0.15, 0.2) is 18.2 Å². The van der Waals surface area contributed by atoms with Crippen LogP contribution in [0.5, 0.6) is 0 Å². The number of anilines is 2. The number of hydrogen-bond donors (Lipinski definition) is 2. The molecule has 2 atom stereocenters. The molecular formula is C15H20N2O2. The van der Waals surface area contributed by atoms with Gasteiger partial charge in [0.2, 0.25) is 5.91 Å². The first-order chi connectivity index (χ1) is 9.24. The largest absolute Gasteiger partial charge is 0.399 e. The van der Waals surface area contributed by atoms with E-state index in [1.54, 1.807) is 0 Å². The van der Waals surface area contributed by atoms with Gasteiger partial charge >= 0.3 is 0 Å². The summed E-state index contributed by atoms with van der Waals surface area (Å²) >= 11 is 0. The normalized spacial score (nSPS) is 27.3. The zero-order valence-electron chi connectivity index (χ0n) is 11.0. The number of amides is 1. The van der Waals surface area contributed by atoms with Crippen molar-refractivity contribution in [3.63, 3.8) is 0 Å². The lowest BCUT2D eigenvalue weighted by Crippen LogP contribution is -2.35. The Balaban J connectivity index is 1.81. The molecule has 1 fully saturated rings. The third-order valence-electron chi connectivity index (χ3n) is 4.23. The number of nitrogen functional groups attached to an aromatic ring is 1. The summed E-state index contributed by atoms with van der Waals surface area (Å²) in [6, 6.07) is 5.71. The van der Waals surface area contributed by atoms with Gasteiger partial charge in [0.1, 0.15) is 0 Å². The van der Waals surface area contributed by atoms with Crippen LogP contribution >= 0.6 is 0 Å². The molecule has 1 amide bonds. The topological polar surface area (TPSA) is 64.3 Å². The van der Waals surface area contributed by atoms with Gasteiger partial charge in [0, 0.05) is 30.5 Å². The van der Waals surface area contributed by atoms with Gasteiger partial charge in [0.05, 0.1) is 0 Å². The van der Waals surface area contributed by atoms with E-state index in [1.807, 2.05) is 18.2 Å². The lowest BCUT2D eigenvalue weighted by atomic mass is 9.79. The maximum Gasteiger partial charge on any atom is 0.228 e. The smallest absolute Gasteiger partial charge is 0.228 e. The van der Waals surface area contributed by atoms with Crippen LogP contribution in [0, 0.1) is 11.8 Å². The summed E-state index contributed by atoms with van der Waals surface area (Å²) in [5.41, 5.74) is 8.67. The minimum atomic E-state index is 0.0657. The van der Waals surface area contributed by atoms with Crippen LogP contribution in [0.4, 0.5) is 11.4 Å². The average molecular weight is 260 g/mol. The molecule has 3 N–H and O–H groups in total. The highest BCUT2D eigenvalue weighted by atomic mass is 16.5. The van der Waals surface area contributed by atoms with Crippen molar-refractivity contribution in [2.75, 3.05) is 24.3 Å². The molecule has 2 aliphatic rings. The molecule has 1 aromatic rings. The molecule has 0 aliphatic carbocycles. The summed E-state index contributed by atoms with van der Waals surface area (Å²) in [6.07, 6.45) is 3.92. The van der Waals surface area contributed by atoms with Gasteiger partial charge in [0.25, 0.3) is 0 Å². The van der Waals surface area contributed by atoms with Crippen molar-refractivity contribution >= 4 is 17.3 Å². The summed E-state index contributed by atoms with van der Waals surface area (Å²) in [6.45, 7) is 1.60. The van der Waals surface area contributed by atoms with E-state index in [0.717, 1.165) is 55.8 Å². The first kappa shape index (κ1) is 12.5. The second-order valence-electron chi connectivity index (χ2n) is 5.52. The van der Waals surface area contributed by atoms with E-state index in [9.17, 15) is 4.79 Å². The van der Waals surface area contributed by atoms with Crippen LogP contribution in [0.2, 0.25) is 0 Å². The first-order valence-corrected chi connectivity index (χ1v) is 7.01. The third kappa shape index (κ3) is 2.59. The number of rotatable bonds is 1. The zero-order valence-corrected chi connectivity index (χ0v) is 11.0. The Morgan fingerprint density at radius 1 is 1.26 bits per heavy atom. The quantitative estimate of drug-likeness (QED) is 0.761. The lowest BCUT2D eigenvalue weighted by molar-refractivity contribution is -0.122. The van der Waals surface area contributed by atoms with Crippen LogP contribution in [0.3, 0.4) is 0 Å². The van der Waals surface area contributed by atoms with E-state index in [0.29, 0.717) is 5.92 Å². The van der Waals surface area contributed by atoms with E-state index < -0.39 is 0 Å². The monoisotopic (exact) mass is 260 g/mol. The zero-order chi connectivity index (χ0) is 13.2. The second kappa shape index (κ2) is 5.21. The highest BCUT2D eigenvalue weighted by Gasteiger charge is 2.33. The lowest BCUT2D eigenvalue weighted by Gasteiger charge is -2.30. The fraction of sp³-hybridized carbons (Fsp3) is 0.533. The van der Waals surface area contributed by atoms with Crippen molar-refractivity contribution in [2.24, 2.45) is 11.8 Å². The van der Waals surface area contributed by atoms with E-state index in [-0.39, 0.29) is 11.8 Å². The van der Waals surface area contributed by atoms with E-state index >= 15 is 0 Å². The molecule has 0 spiro atoms. The summed E-state index contributed by atoms with van der Waals surface area (Å²) in [7, 11) is 0. The van der Waals surface area contributed by atoms with Crippen molar-refractivity contribution in [3.05, 3.63) is 23.8 Å². The SMILES string of the molecule is Nc1ccc2c(c1)CC(C1CCCOCC1)C(=O)N2. The van der Waals surface area contributed by atoms with Gasteiger partial charge in [0.15, 0.2) is 0 Å². The number of carbonyl (C=O) groups excluding carboxylic acids is 1. The predicted molar refractivity (Wildman–Crippen MR) is 74.8 cm³/mol. The summed E-state index contributed by atoms with van der Waals surface area (Å²) in [5, 5.41) is 3.02. The van der Waals surface area contributed by atoms with Crippen LogP contribution in [-0.4, -0.2) is 19.1 Å². The van der Waals surface area contributed by atoms with Crippen molar-refractivity contribution in [1.82, 2.24) is 0 Å². The highest BCUT2D eigenvalue weighted by molar-refractivity contribution is 5.96. The molecule has 1 aromatic carbocycles. The van der Waals surface area contributed by atoms with Gasteiger partial charge in [-0.3, -0.25) is 4.79 Å². The Bertz CT molecular complexity index is 479. The van der Waals surface area contributed by atoms with Crippen LogP contribution in [0.1, 0.15) is 24.8 Å². The van der Waals surface area contributed by atoms with Crippen molar-refractivity contribution in [2.45, 2.75) is 25.7 Å². The Labute approximate surface area is 113 Å². The Hall–Kier alpha value is -1.55. The summed E-state index contributed by atoms with van der Waals surface area (Å²) in [4.78, 5) is 12.3. The van der Waals surface area contributed by atoms with Crippen LogP contribution < -0.4 is 11.1 Å². The molecule has 4 heteroatoms. The van der Waals surface area contributed by atoms with Crippen LogP contribution in [-0.2, 0) is 16.0 Å². The number of ether oxygens (including phenoxy) is 1. The van der Waals surface area contributed by atoms with Crippen molar-refractivity contribution in [3.8, 4) is 0 Å². The predicted octanol–water partition coefficient (Wildman–Crippen LogP) is 2.20. The molecule has 102 valence electrons. The molecule has 0 aromatic heterocycles. The van der Waals surface area contributed by atoms with Gasteiger partial charge in [-0.2, -0.15) is 0 Å². The van der Waals surface area contributed by atoms with Gasteiger partial charge in [-0.15, -0.1) is 0 Å². The minimum Gasteiger partial charge on any atom is -0.399 e. The summed E-state index contributed by atoms with van der Waals surface area (Å²) in [5.74, 6) is 0.650. The van der Waals surface area contributed by atoms with Gasteiger partial charge in [-0.25, -0.2) is 0 Å². The Morgan fingerprint density at radius 3 is 3.05 bits per heavy atom. The summed E-state index contributed by atoms with van der Waals surface area (Å²) < 4.78 is 5.49. The van der Waals surface area contributed by atoms with Crippen LogP contribution in [0.25, 0.3) is 0 Å². The van der Waals surface area contributed by atoms with Gasteiger partial charge in [-0.1, -0.05) is 0 Å². The fourth-order valence-corrected chi connectivity index (χ4v) is 3.17. The maximum absolute atomic E-state index is 12.3. The molecule has 2 aliphatic heterocycles. The Kier molecular flexibility index (Phi) is 3.42. The molecule has 3 rings (SSSR count). The van der Waals surface area contributed by atoms with Crippen molar-refractivity contribution < 1.29 is 9.53 Å². The first-order valence-electron chi connectivity index (χ1n) is 7.01. The van der Waals surface area contributed by atoms with Gasteiger partial charge in [-0.05, 0) is 55.4 Å². The van der Waals surface area contributed by atoms with E-state index in [2.05, 4.69) is 5.32 Å².